The van der Waals surface area contributed by atoms with Crippen molar-refractivity contribution in [3.63, 3.8) is 0 Å². The number of furan rings is 1. The van der Waals surface area contributed by atoms with Crippen LogP contribution in [0.2, 0.25) is 0 Å². The van der Waals surface area contributed by atoms with Crippen molar-refractivity contribution >= 4 is 5.91 Å². The lowest BCUT2D eigenvalue weighted by Crippen LogP contribution is -2.38. The number of carbonyl (C=O) groups is 1. The van der Waals surface area contributed by atoms with Crippen LogP contribution in [0.15, 0.2) is 45.9 Å². The van der Waals surface area contributed by atoms with Crippen molar-refractivity contribution in [1.82, 2.24) is 9.88 Å². The van der Waals surface area contributed by atoms with Crippen molar-refractivity contribution in [1.29, 1.82) is 0 Å². The minimum Gasteiger partial charge on any atom is -0.469 e. The van der Waals surface area contributed by atoms with E-state index in [4.69, 9.17) is 4.42 Å². The predicted octanol–water partition coefficient (Wildman–Crippen LogP) is 1.34. The van der Waals surface area contributed by atoms with Crippen LogP contribution in [0.4, 0.5) is 0 Å². The molecule has 0 bridgehead atoms. The van der Waals surface area contributed by atoms with Gasteiger partial charge in [0.25, 0.3) is 11.5 Å². The number of amides is 1. The fraction of sp³-hybridized carbons (Fsp3) is 0.286. The van der Waals surface area contributed by atoms with Gasteiger partial charge in [0.15, 0.2) is 0 Å². The van der Waals surface area contributed by atoms with Crippen molar-refractivity contribution < 1.29 is 9.21 Å². The lowest BCUT2D eigenvalue weighted by Gasteiger charge is -2.12. The van der Waals surface area contributed by atoms with Gasteiger partial charge in [-0.3, -0.25) is 9.59 Å². The summed E-state index contributed by atoms with van der Waals surface area (Å²) in [5, 5.41) is 2.79. The van der Waals surface area contributed by atoms with E-state index >= 15 is 0 Å². The molecule has 1 N–H and O–H groups in total. The third kappa shape index (κ3) is 3.13. The van der Waals surface area contributed by atoms with E-state index in [0.29, 0.717) is 6.42 Å². The molecule has 0 radical (unpaired) electrons. The summed E-state index contributed by atoms with van der Waals surface area (Å²) in [7, 11) is 1.62. The first-order chi connectivity index (χ1) is 9.08. The minimum atomic E-state index is -0.361. The van der Waals surface area contributed by atoms with Gasteiger partial charge in [-0.05, 0) is 31.2 Å². The molecule has 0 aliphatic carbocycles. The predicted molar refractivity (Wildman–Crippen MR) is 71.0 cm³/mol. The summed E-state index contributed by atoms with van der Waals surface area (Å²) < 4.78 is 6.60. The molecule has 2 aromatic heterocycles. The number of nitrogens with zero attached hydrogens (tertiary/aromatic N) is 1. The molecule has 0 saturated heterocycles. The molecule has 19 heavy (non-hydrogen) atoms. The van der Waals surface area contributed by atoms with Crippen LogP contribution in [0.25, 0.3) is 0 Å². The second-order valence-corrected chi connectivity index (χ2v) is 4.50. The molecule has 1 unspecified atom stereocenters. The Bertz CT molecular complexity index is 614. The maximum atomic E-state index is 12.0. The number of pyridine rings is 1. The fourth-order valence-electron chi connectivity index (χ4n) is 1.85. The van der Waals surface area contributed by atoms with Crippen LogP contribution in [-0.4, -0.2) is 16.5 Å². The van der Waals surface area contributed by atoms with E-state index in [1.54, 1.807) is 31.6 Å². The van der Waals surface area contributed by atoms with Gasteiger partial charge in [-0.2, -0.15) is 0 Å². The first-order valence-corrected chi connectivity index (χ1v) is 6.07. The number of carbonyl (C=O) groups excluding carboxylic acids is 1. The van der Waals surface area contributed by atoms with Gasteiger partial charge in [0.05, 0.1) is 6.26 Å². The van der Waals surface area contributed by atoms with Crippen LogP contribution in [0.1, 0.15) is 23.0 Å². The molecule has 0 saturated carbocycles. The third-order valence-corrected chi connectivity index (χ3v) is 2.83. The SMILES string of the molecule is CC(Cc1ccco1)NC(=O)c1cccn(C)c1=O. The summed E-state index contributed by atoms with van der Waals surface area (Å²) >= 11 is 0. The highest BCUT2D eigenvalue weighted by molar-refractivity contribution is 5.93. The molecule has 2 aromatic rings. The Morgan fingerprint density at radius 1 is 1.42 bits per heavy atom. The number of rotatable bonds is 4. The third-order valence-electron chi connectivity index (χ3n) is 2.83. The van der Waals surface area contributed by atoms with Crippen LogP contribution in [0.3, 0.4) is 0 Å². The highest BCUT2D eigenvalue weighted by Crippen LogP contribution is 2.04. The summed E-state index contributed by atoms with van der Waals surface area (Å²) in [5.74, 6) is 0.439. The van der Waals surface area contributed by atoms with Gasteiger partial charge in [-0.25, -0.2) is 0 Å². The van der Waals surface area contributed by atoms with Crippen molar-refractivity contribution in [2.45, 2.75) is 19.4 Å². The Hall–Kier alpha value is -2.30. The molecule has 2 heterocycles. The number of aromatic nitrogens is 1. The lowest BCUT2D eigenvalue weighted by molar-refractivity contribution is 0.0937. The van der Waals surface area contributed by atoms with E-state index in [9.17, 15) is 9.59 Å². The first-order valence-electron chi connectivity index (χ1n) is 6.07. The first kappa shape index (κ1) is 13.1. The van der Waals surface area contributed by atoms with Gasteiger partial charge in [0.2, 0.25) is 0 Å². The number of hydrogen-bond donors (Lipinski definition) is 1. The van der Waals surface area contributed by atoms with Crippen LogP contribution >= 0.6 is 0 Å². The van der Waals surface area contributed by atoms with E-state index < -0.39 is 0 Å². The number of nitrogens with one attached hydrogen (secondary N) is 1. The molecule has 0 aliphatic heterocycles. The largest absolute Gasteiger partial charge is 0.469 e. The maximum absolute atomic E-state index is 12.0. The highest BCUT2D eigenvalue weighted by Gasteiger charge is 2.14. The Morgan fingerprint density at radius 3 is 2.89 bits per heavy atom. The lowest BCUT2D eigenvalue weighted by atomic mass is 10.1. The average Bonchev–Trinajstić information content (AvgIpc) is 2.85. The second-order valence-electron chi connectivity index (χ2n) is 4.50. The van der Waals surface area contributed by atoms with Gasteiger partial charge >= 0.3 is 0 Å². The van der Waals surface area contributed by atoms with Gasteiger partial charge in [0.1, 0.15) is 11.3 Å². The molecule has 0 aromatic carbocycles. The summed E-state index contributed by atoms with van der Waals surface area (Å²) in [6, 6.07) is 6.75. The van der Waals surface area contributed by atoms with Crippen LogP contribution in [-0.2, 0) is 13.5 Å². The topological polar surface area (TPSA) is 64.2 Å². The van der Waals surface area contributed by atoms with E-state index in [1.807, 2.05) is 13.0 Å². The quantitative estimate of drug-likeness (QED) is 0.902. The highest BCUT2D eigenvalue weighted by atomic mass is 16.3. The van der Waals surface area contributed by atoms with Gasteiger partial charge in [-0.15, -0.1) is 0 Å². The summed E-state index contributed by atoms with van der Waals surface area (Å²) in [5.41, 5.74) is -0.151. The van der Waals surface area contributed by atoms with Crippen molar-refractivity contribution in [3.8, 4) is 0 Å². The number of aryl methyl sites for hydroxylation is 1. The summed E-state index contributed by atoms with van der Waals surface area (Å²) in [6.45, 7) is 1.87. The molecule has 0 fully saturated rings. The Balaban J connectivity index is 2.05. The Morgan fingerprint density at radius 2 is 2.21 bits per heavy atom. The maximum Gasteiger partial charge on any atom is 0.263 e. The molecule has 5 nitrogen and oxygen atoms in total. The average molecular weight is 260 g/mol. The van der Waals surface area contributed by atoms with Crippen molar-refractivity contribution in [2.75, 3.05) is 0 Å². The smallest absolute Gasteiger partial charge is 0.263 e. The Labute approximate surface area is 110 Å². The zero-order chi connectivity index (χ0) is 13.8. The van der Waals surface area contributed by atoms with Crippen LogP contribution in [0, 0.1) is 0 Å². The Kier molecular flexibility index (Phi) is 3.85. The molecule has 100 valence electrons. The molecule has 2 rings (SSSR count). The van der Waals surface area contributed by atoms with Crippen molar-refractivity contribution in [3.05, 3.63) is 58.4 Å². The molecule has 5 heteroatoms. The van der Waals surface area contributed by atoms with E-state index in [1.165, 1.54) is 10.6 Å². The molecule has 1 amide bonds. The zero-order valence-corrected chi connectivity index (χ0v) is 10.9. The number of hydrogen-bond acceptors (Lipinski definition) is 3. The molecule has 1 atom stereocenters. The minimum absolute atomic E-state index is 0.108. The molecular weight excluding hydrogens is 244 g/mol. The summed E-state index contributed by atoms with van der Waals surface area (Å²) in [4.78, 5) is 23.8. The molecule has 0 spiro atoms. The fourth-order valence-corrected chi connectivity index (χ4v) is 1.85. The molecular formula is C14H16N2O3. The van der Waals surface area contributed by atoms with Crippen LogP contribution < -0.4 is 10.9 Å². The van der Waals surface area contributed by atoms with E-state index in [2.05, 4.69) is 5.32 Å². The molecule has 0 aliphatic rings. The zero-order valence-electron chi connectivity index (χ0n) is 10.9. The normalized spacial score (nSPS) is 12.1. The van der Waals surface area contributed by atoms with Gasteiger partial charge < -0.3 is 14.3 Å². The monoisotopic (exact) mass is 260 g/mol. The van der Waals surface area contributed by atoms with Crippen molar-refractivity contribution in [2.24, 2.45) is 7.05 Å². The van der Waals surface area contributed by atoms with E-state index in [-0.39, 0.29) is 23.1 Å². The standard InChI is InChI=1S/C14H16N2O3/c1-10(9-11-5-4-8-19-11)15-13(17)12-6-3-7-16(2)14(12)18/h3-8,10H,9H2,1-2H3,(H,15,17). The second kappa shape index (κ2) is 5.56. The van der Waals surface area contributed by atoms with Gasteiger partial charge in [0, 0.05) is 25.7 Å². The summed E-state index contributed by atoms with van der Waals surface area (Å²) in [6.07, 6.45) is 3.80. The van der Waals surface area contributed by atoms with Gasteiger partial charge in [-0.1, -0.05) is 0 Å². The van der Waals surface area contributed by atoms with Crippen LogP contribution in [0.5, 0.6) is 0 Å². The van der Waals surface area contributed by atoms with E-state index in [0.717, 1.165) is 5.76 Å².